The summed E-state index contributed by atoms with van der Waals surface area (Å²) in [7, 11) is 0. The molecule has 0 spiro atoms. The number of phenols is 2. The number of aromatic hydroxyl groups is 2. The maximum Gasteiger partial charge on any atom is 0.204 e. The SMILES string of the molecule is CCCc1ccc(SC2=CC(=O)c3c(O)ccc(O)c3C2=O)cc1. The third-order valence-electron chi connectivity index (χ3n) is 3.81. The third kappa shape index (κ3) is 2.95. The monoisotopic (exact) mass is 340 g/mol. The molecule has 0 saturated heterocycles. The zero-order valence-corrected chi connectivity index (χ0v) is 13.9. The summed E-state index contributed by atoms with van der Waals surface area (Å²) in [6.07, 6.45) is 3.27. The molecule has 0 amide bonds. The van der Waals surface area contributed by atoms with Crippen molar-refractivity contribution in [3.05, 3.63) is 64.1 Å². The predicted octanol–water partition coefficient (Wildman–Crippen LogP) is 4.11. The lowest BCUT2D eigenvalue weighted by Gasteiger charge is -2.16. The molecule has 1 aliphatic rings. The molecule has 2 aromatic carbocycles. The molecule has 0 unspecified atom stereocenters. The first-order valence-electron chi connectivity index (χ1n) is 7.63. The van der Waals surface area contributed by atoms with Crippen LogP contribution in [-0.4, -0.2) is 21.8 Å². The molecule has 0 radical (unpaired) electrons. The quantitative estimate of drug-likeness (QED) is 0.820. The Bertz CT molecular complexity index is 850. The number of rotatable bonds is 4. The molecule has 122 valence electrons. The lowest BCUT2D eigenvalue weighted by atomic mass is 9.93. The van der Waals surface area contributed by atoms with Crippen LogP contribution in [0, 0.1) is 0 Å². The van der Waals surface area contributed by atoms with Crippen LogP contribution in [0.4, 0.5) is 0 Å². The van der Waals surface area contributed by atoms with E-state index in [0.717, 1.165) is 17.7 Å². The molecule has 0 atom stereocenters. The molecule has 2 N–H and O–H groups in total. The van der Waals surface area contributed by atoms with Gasteiger partial charge in [-0.2, -0.15) is 0 Å². The summed E-state index contributed by atoms with van der Waals surface area (Å²) in [6, 6.07) is 10.2. The van der Waals surface area contributed by atoms with Crippen molar-refractivity contribution in [1.29, 1.82) is 0 Å². The maximum atomic E-state index is 12.6. The van der Waals surface area contributed by atoms with Gasteiger partial charge in [-0.05, 0) is 36.2 Å². The van der Waals surface area contributed by atoms with Crippen LogP contribution in [0.15, 0.2) is 52.3 Å². The van der Waals surface area contributed by atoms with Gasteiger partial charge in [-0.1, -0.05) is 37.2 Å². The molecule has 0 fully saturated rings. The second-order valence-corrected chi connectivity index (χ2v) is 6.67. The second kappa shape index (κ2) is 6.53. The number of phenolic OH excluding ortho intramolecular Hbond substituents is 2. The number of fused-ring (bicyclic) bond motifs is 1. The van der Waals surface area contributed by atoms with Crippen LogP contribution >= 0.6 is 11.8 Å². The van der Waals surface area contributed by atoms with E-state index in [2.05, 4.69) is 6.92 Å². The Morgan fingerprint density at radius 2 is 1.54 bits per heavy atom. The number of allylic oxidation sites excluding steroid dienone is 2. The lowest BCUT2D eigenvalue weighted by Crippen LogP contribution is -2.16. The smallest absolute Gasteiger partial charge is 0.204 e. The highest BCUT2D eigenvalue weighted by Crippen LogP contribution is 2.39. The number of thioether (sulfide) groups is 1. The number of ketones is 2. The number of hydrogen-bond donors (Lipinski definition) is 2. The van der Waals surface area contributed by atoms with Gasteiger partial charge >= 0.3 is 0 Å². The molecule has 5 heteroatoms. The molecule has 24 heavy (non-hydrogen) atoms. The average molecular weight is 340 g/mol. The Morgan fingerprint density at radius 3 is 2.17 bits per heavy atom. The highest BCUT2D eigenvalue weighted by atomic mass is 32.2. The molecule has 0 aliphatic heterocycles. The van der Waals surface area contributed by atoms with Crippen molar-refractivity contribution in [2.45, 2.75) is 24.7 Å². The molecule has 3 rings (SSSR count). The summed E-state index contributed by atoms with van der Waals surface area (Å²) in [4.78, 5) is 25.9. The Morgan fingerprint density at radius 1 is 0.917 bits per heavy atom. The maximum absolute atomic E-state index is 12.6. The molecular weight excluding hydrogens is 324 g/mol. The van der Waals surface area contributed by atoms with E-state index in [1.165, 1.54) is 35.5 Å². The number of benzene rings is 2. The summed E-state index contributed by atoms with van der Waals surface area (Å²) >= 11 is 1.18. The van der Waals surface area contributed by atoms with Crippen LogP contribution in [0.5, 0.6) is 11.5 Å². The van der Waals surface area contributed by atoms with Gasteiger partial charge in [-0.3, -0.25) is 9.59 Å². The fourth-order valence-electron chi connectivity index (χ4n) is 2.66. The van der Waals surface area contributed by atoms with E-state index in [-0.39, 0.29) is 27.5 Å². The Labute approximate surface area is 143 Å². The van der Waals surface area contributed by atoms with E-state index < -0.39 is 11.6 Å². The highest BCUT2D eigenvalue weighted by Gasteiger charge is 2.31. The van der Waals surface area contributed by atoms with Gasteiger partial charge in [0.05, 0.1) is 16.0 Å². The van der Waals surface area contributed by atoms with E-state index in [0.29, 0.717) is 0 Å². The van der Waals surface area contributed by atoms with Crippen LogP contribution in [0.1, 0.15) is 39.6 Å². The van der Waals surface area contributed by atoms with Gasteiger partial charge in [0.1, 0.15) is 11.5 Å². The van der Waals surface area contributed by atoms with Crippen LogP contribution in [-0.2, 0) is 6.42 Å². The minimum Gasteiger partial charge on any atom is -0.507 e. The Balaban J connectivity index is 1.92. The van der Waals surface area contributed by atoms with Crippen molar-refractivity contribution in [2.75, 3.05) is 0 Å². The minimum absolute atomic E-state index is 0.132. The molecule has 0 aromatic heterocycles. The summed E-state index contributed by atoms with van der Waals surface area (Å²) in [6.45, 7) is 2.11. The molecule has 2 aromatic rings. The second-order valence-electron chi connectivity index (χ2n) is 5.55. The van der Waals surface area contributed by atoms with Crippen molar-refractivity contribution < 1.29 is 19.8 Å². The molecule has 1 aliphatic carbocycles. The van der Waals surface area contributed by atoms with Gasteiger partial charge in [-0.25, -0.2) is 0 Å². The van der Waals surface area contributed by atoms with E-state index in [1.807, 2.05) is 24.3 Å². The van der Waals surface area contributed by atoms with Crippen molar-refractivity contribution in [1.82, 2.24) is 0 Å². The summed E-state index contributed by atoms with van der Waals surface area (Å²) in [5, 5.41) is 19.7. The molecule has 0 bridgehead atoms. The third-order valence-corrected chi connectivity index (χ3v) is 4.84. The van der Waals surface area contributed by atoms with E-state index in [1.54, 1.807) is 0 Å². The van der Waals surface area contributed by atoms with Crippen LogP contribution < -0.4 is 0 Å². The van der Waals surface area contributed by atoms with Crippen molar-refractivity contribution in [3.63, 3.8) is 0 Å². The van der Waals surface area contributed by atoms with Crippen molar-refractivity contribution in [3.8, 4) is 11.5 Å². The van der Waals surface area contributed by atoms with Gasteiger partial charge in [0, 0.05) is 11.0 Å². The van der Waals surface area contributed by atoms with Gasteiger partial charge in [-0.15, -0.1) is 0 Å². The number of Topliss-reactive ketones (excluding diaryl/α,β-unsaturated/α-hetero) is 1. The fraction of sp³-hybridized carbons (Fsp3) is 0.158. The zero-order chi connectivity index (χ0) is 17.3. The average Bonchev–Trinajstić information content (AvgIpc) is 2.56. The number of hydrogen-bond acceptors (Lipinski definition) is 5. The van der Waals surface area contributed by atoms with E-state index in [9.17, 15) is 19.8 Å². The van der Waals surface area contributed by atoms with Gasteiger partial charge in [0.15, 0.2) is 5.78 Å². The molecule has 0 saturated carbocycles. The number of aryl methyl sites for hydroxylation is 1. The van der Waals surface area contributed by atoms with E-state index in [4.69, 9.17) is 0 Å². The normalized spacial score (nSPS) is 13.6. The lowest BCUT2D eigenvalue weighted by molar-refractivity contribution is 0.0986. The zero-order valence-electron chi connectivity index (χ0n) is 13.1. The largest absolute Gasteiger partial charge is 0.507 e. The molecule has 4 nitrogen and oxygen atoms in total. The minimum atomic E-state index is -0.483. The molecule has 0 heterocycles. The summed E-state index contributed by atoms with van der Waals surface area (Å²) in [5.41, 5.74) is 0.949. The first-order chi connectivity index (χ1) is 11.5. The number of carbonyl (C=O) groups is 2. The van der Waals surface area contributed by atoms with Crippen LogP contribution in [0.25, 0.3) is 0 Å². The predicted molar refractivity (Wildman–Crippen MR) is 92.8 cm³/mol. The van der Waals surface area contributed by atoms with Crippen LogP contribution in [0.3, 0.4) is 0 Å². The van der Waals surface area contributed by atoms with Crippen LogP contribution in [0.2, 0.25) is 0 Å². The standard InChI is InChI=1S/C19H16O4S/c1-2-3-11-4-6-12(7-5-11)24-16-10-15(22)17-13(20)8-9-14(21)18(17)19(16)23/h4-10,20-21H,2-3H2,1H3. The first-order valence-corrected chi connectivity index (χ1v) is 8.45. The van der Waals surface area contributed by atoms with Crippen molar-refractivity contribution >= 4 is 23.3 Å². The fourth-order valence-corrected chi connectivity index (χ4v) is 3.54. The van der Waals surface area contributed by atoms with Gasteiger partial charge in [0.2, 0.25) is 5.78 Å². The highest BCUT2D eigenvalue weighted by molar-refractivity contribution is 8.04. The van der Waals surface area contributed by atoms with Gasteiger partial charge in [0.25, 0.3) is 0 Å². The first kappa shape index (κ1) is 16.3. The molecular formula is C19H16O4S. The van der Waals surface area contributed by atoms with E-state index >= 15 is 0 Å². The summed E-state index contributed by atoms with van der Waals surface area (Å²) < 4.78 is 0. The van der Waals surface area contributed by atoms with Gasteiger partial charge < -0.3 is 10.2 Å². The topological polar surface area (TPSA) is 74.6 Å². The Kier molecular flexibility index (Phi) is 4.44. The van der Waals surface area contributed by atoms with Crippen molar-refractivity contribution in [2.24, 2.45) is 0 Å². The summed E-state index contributed by atoms with van der Waals surface area (Å²) in [5.74, 6) is -1.54. The number of carbonyl (C=O) groups excluding carboxylic acids is 2. The Hall–Kier alpha value is -2.53.